The van der Waals surface area contributed by atoms with Crippen LogP contribution in [0.5, 0.6) is 0 Å². The summed E-state index contributed by atoms with van der Waals surface area (Å²) in [6.45, 7) is 5.03. The van der Waals surface area contributed by atoms with E-state index >= 15 is 0 Å². The highest BCUT2D eigenvalue weighted by Gasteiger charge is 2.11. The molecule has 3 N–H and O–H groups in total. The quantitative estimate of drug-likeness (QED) is 0.534. The molecule has 0 heterocycles. The van der Waals surface area contributed by atoms with E-state index in [1.54, 1.807) is 0 Å². The van der Waals surface area contributed by atoms with Crippen molar-refractivity contribution >= 4 is 11.4 Å². The predicted octanol–water partition coefficient (Wildman–Crippen LogP) is 4.93. The van der Waals surface area contributed by atoms with Gasteiger partial charge in [-0.15, -0.1) is 0 Å². The van der Waals surface area contributed by atoms with Crippen LogP contribution in [0.25, 0.3) is 0 Å². The van der Waals surface area contributed by atoms with Gasteiger partial charge in [-0.3, -0.25) is 0 Å². The molecule has 3 aromatic carbocycles. The zero-order valence-electron chi connectivity index (χ0n) is 16.1. The van der Waals surface area contributed by atoms with Crippen LogP contribution >= 0.6 is 0 Å². The van der Waals surface area contributed by atoms with Crippen LogP contribution in [0.3, 0.4) is 0 Å². The van der Waals surface area contributed by atoms with Crippen LogP contribution in [0.15, 0.2) is 72.8 Å². The van der Waals surface area contributed by atoms with Crippen molar-refractivity contribution in [2.45, 2.75) is 32.9 Å². The number of hydrogen-bond donors (Lipinski definition) is 3. The van der Waals surface area contributed by atoms with E-state index in [0.717, 1.165) is 24.3 Å². The van der Waals surface area contributed by atoms with Gasteiger partial charge in [-0.25, -0.2) is 0 Å². The minimum Gasteiger partial charge on any atom is -0.394 e. The van der Waals surface area contributed by atoms with Gasteiger partial charge in [0.2, 0.25) is 0 Å². The Kier molecular flexibility index (Phi) is 6.50. The second kappa shape index (κ2) is 9.24. The van der Waals surface area contributed by atoms with Crippen molar-refractivity contribution < 1.29 is 5.11 Å². The summed E-state index contributed by atoms with van der Waals surface area (Å²) in [6.07, 6.45) is 0.781. The Morgan fingerprint density at radius 3 is 1.89 bits per heavy atom. The first kappa shape index (κ1) is 19.0. The molecule has 140 valence electrons. The van der Waals surface area contributed by atoms with E-state index in [4.69, 9.17) is 0 Å². The highest BCUT2D eigenvalue weighted by molar-refractivity contribution is 5.69. The van der Waals surface area contributed by atoms with Crippen LogP contribution < -0.4 is 10.6 Å². The summed E-state index contributed by atoms with van der Waals surface area (Å²) in [7, 11) is 0. The maximum absolute atomic E-state index is 9.85. The molecule has 1 unspecified atom stereocenters. The Labute approximate surface area is 162 Å². The van der Waals surface area contributed by atoms with E-state index in [-0.39, 0.29) is 12.6 Å². The molecule has 3 aromatic rings. The van der Waals surface area contributed by atoms with Crippen molar-refractivity contribution in [1.82, 2.24) is 0 Å². The van der Waals surface area contributed by atoms with Gasteiger partial charge in [0.15, 0.2) is 0 Å². The molecule has 3 nitrogen and oxygen atoms in total. The molecule has 0 amide bonds. The first-order valence-electron chi connectivity index (χ1n) is 9.45. The highest BCUT2D eigenvalue weighted by Crippen LogP contribution is 2.23. The van der Waals surface area contributed by atoms with Crippen LogP contribution in [0.4, 0.5) is 11.4 Å². The van der Waals surface area contributed by atoms with Crippen molar-refractivity contribution in [3.8, 4) is 0 Å². The van der Waals surface area contributed by atoms with Gasteiger partial charge in [-0.2, -0.15) is 0 Å². The Morgan fingerprint density at radius 1 is 0.741 bits per heavy atom. The van der Waals surface area contributed by atoms with E-state index in [2.05, 4.69) is 85.1 Å². The number of aryl methyl sites for hydroxylation is 2. The van der Waals surface area contributed by atoms with Gasteiger partial charge in [0.05, 0.1) is 24.0 Å². The predicted molar refractivity (Wildman–Crippen MR) is 114 cm³/mol. The summed E-state index contributed by atoms with van der Waals surface area (Å²) < 4.78 is 0. The number of para-hydroxylation sites is 2. The topological polar surface area (TPSA) is 44.3 Å². The van der Waals surface area contributed by atoms with Crippen LogP contribution in [-0.4, -0.2) is 17.8 Å². The molecule has 0 radical (unpaired) electrons. The largest absolute Gasteiger partial charge is 0.394 e. The minimum absolute atomic E-state index is 0.0324. The molecule has 1 atom stereocenters. The number of aliphatic hydroxyl groups excluding tert-OH is 1. The molecule has 3 heteroatoms. The van der Waals surface area contributed by atoms with Gasteiger partial charge in [0.25, 0.3) is 0 Å². The molecule has 0 bridgehead atoms. The summed E-state index contributed by atoms with van der Waals surface area (Å²) in [5, 5.41) is 16.8. The van der Waals surface area contributed by atoms with Crippen LogP contribution in [-0.2, 0) is 13.0 Å². The molecular weight excluding hydrogens is 332 g/mol. The van der Waals surface area contributed by atoms with Crippen molar-refractivity contribution in [2.75, 3.05) is 17.2 Å². The molecule has 0 aliphatic carbocycles. The number of aliphatic hydroxyl groups is 1. The lowest BCUT2D eigenvalue weighted by Gasteiger charge is -2.21. The number of nitrogens with one attached hydrogen (secondary N) is 2. The maximum Gasteiger partial charge on any atom is 0.0636 e. The van der Waals surface area contributed by atoms with E-state index in [9.17, 15) is 5.11 Å². The van der Waals surface area contributed by atoms with Gasteiger partial charge in [0.1, 0.15) is 0 Å². The van der Waals surface area contributed by atoms with Crippen LogP contribution in [0.1, 0.15) is 22.3 Å². The third kappa shape index (κ3) is 5.60. The van der Waals surface area contributed by atoms with Crippen LogP contribution in [0.2, 0.25) is 0 Å². The summed E-state index contributed by atoms with van der Waals surface area (Å²) >= 11 is 0. The maximum atomic E-state index is 9.85. The molecule has 0 saturated heterocycles. The van der Waals surface area contributed by atoms with E-state index < -0.39 is 0 Å². The van der Waals surface area contributed by atoms with Gasteiger partial charge < -0.3 is 15.7 Å². The molecule has 0 spiro atoms. The summed E-state index contributed by atoms with van der Waals surface area (Å²) in [5.41, 5.74) is 7.03. The Hall–Kier alpha value is -2.78. The Bertz CT molecular complexity index is 841. The summed E-state index contributed by atoms with van der Waals surface area (Å²) in [5.74, 6) is 0. The highest BCUT2D eigenvalue weighted by atomic mass is 16.3. The number of benzene rings is 3. The lowest BCUT2D eigenvalue weighted by atomic mass is 10.0. The van der Waals surface area contributed by atoms with Gasteiger partial charge in [0, 0.05) is 6.54 Å². The number of hydrogen-bond acceptors (Lipinski definition) is 3. The molecule has 27 heavy (non-hydrogen) atoms. The van der Waals surface area contributed by atoms with Crippen molar-refractivity contribution in [3.05, 3.63) is 95.1 Å². The molecule has 0 saturated carbocycles. The standard InChI is InChI=1S/C24H28N2O/c1-18-7-11-20(12-8-18)15-22(17-27)26-24-6-4-3-5-23(24)25-16-21-13-9-19(2)10-14-21/h3-14,22,25-27H,15-17H2,1-2H3. The zero-order valence-corrected chi connectivity index (χ0v) is 16.1. The second-order valence-electron chi connectivity index (χ2n) is 7.10. The monoisotopic (exact) mass is 360 g/mol. The van der Waals surface area contributed by atoms with Gasteiger partial charge in [-0.1, -0.05) is 71.8 Å². The molecule has 0 aliphatic rings. The molecule has 0 aromatic heterocycles. The SMILES string of the molecule is Cc1ccc(CNc2ccccc2NC(CO)Cc2ccc(C)cc2)cc1. The first-order chi connectivity index (χ1) is 13.1. The first-order valence-corrected chi connectivity index (χ1v) is 9.45. The fourth-order valence-corrected chi connectivity index (χ4v) is 3.06. The Balaban J connectivity index is 1.66. The molecule has 0 fully saturated rings. The van der Waals surface area contributed by atoms with E-state index in [1.165, 1.54) is 22.3 Å². The second-order valence-corrected chi connectivity index (χ2v) is 7.10. The fourth-order valence-electron chi connectivity index (χ4n) is 3.06. The summed E-state index contributed by atoms with van der Waals surface area (Å²) in [4.78, 5) is 0. The molecule has 3 rings (SSSR count). The van der Waals surface area contributed by atoms with Gasteiger partial charge >= 0.3 is 0 Å². The van der Waals surface area contributed by atoms with E-state index in [0.29, 0.717) is 0 Å². The number of rotatable bonds is 8. The van der Waals surface area contributed by atoms with Crippen molar-refractivity contribution in [2.24, 2.45) is 0 Å². The zero-order chi connectivity index (χ0) is 19.1. The number of anilines is 2. The van der Waals surface area contributed by atoms with Crippen molar-refractivity contribution in [1.29, 1.82) is 0 Å². The lowest BCUT2D eigenvalue weighted by Crippen LogP contribution is -2.26. The summed E-state index contributed by atoms with van der Waals surface area (Å²) in [6, 6.07) is 25.1. The average Bonchev–Trinajstić information content (AvgIpc) is 2.69. The van der Waals surface area contributed by atoms with Gasteiger partial charge in [-0.05, 0) is 43.5 Å². The smallest absolute Gasteiger partial charge is 0.0636 e. The third-order valence-corrected chi connectivity index (χ3v) is 4.71. The minimum atomic E-state index is -0.0324. The molecule has 0 aliphatic heterocycles. The fraction of sp³-hybridized carbons (Fsp3) is 0.250. The normalized spacial score (nSPS) is 11.8. The molecular formula is C24H28N2O. The van der Waals surface area contributed by atoms with Crippen molar-refractivity contribution in [3.63, 3.8) is 0 Å². The van der Waals surface area contributed by atoms with Crippen LogP contribution in [0, 0.1) is 13.8 Å². The lowest BCUT2D eigenvalue weighted by molar-refractivity contribution is 0.274. The average molecular weight is 361 g/mol. The third-order valence-electron chi connectivity index (χ3n) is 4.71. The van der Waals surface area contributed by atoms with E-state index in [1.807, 2.05) is 12.1 Å². The Morgan fingerprint density at radius 2 is 1.30 bits per heavy atom.